The smallest absolute Gasteiger partial charge is 0.271 e. The molecule has 0 aliphatic heterocycles. The van der Waals surface area contributed by atoms with Crippen molar-refractivity contribution in [2.45, 2.75) is 6.42 Å². The predicted molar refractivity (Wildman–Crippen MR) is 107 cm³/mol. The Morgan fingerprint density at radius 3 is 2.00 bits per heavy atom. The largest absolute Gasteiger partial charge is 0.322 e. The van der Waals surface area contributed by atoms with Gasteiger partial charge in [-0.1, -0.05) is 48.5 Å². The Labute approximate surface area is 157 Å². The van der Waals surface area contributed by atoms with Crippen LogP contribution in [0.15, 0.2) is 90.0 Å². The van der Waals surface area contributed by atoms with Gasteiger partial charge in [0, 0.05) is 29.4 Å². The number of rotatable bonds is 6. The van der Waals surface area contributed by atoms with Crippen molar-refractivity contribution in [3.05, 3.63) is 102 Å². The minimum absolute atomic E-state index is 0.196. The van der Waals surface area contributed by atoms with Crippen LogP contribution in [0.3, 0.4) is 0 Å². The summed E-state index contributed by atoms with van der Waals surface area (Å²) >= 11 is 0. The maximum atomic E-state index is 12.1. The van der Waals surface area contributed by atoms with Crippen LogP contribution in [0.25, 0.3) is 0 Å². The number of hydrazone groups is 1. The third-order valence-corrected chi connectivity index (χ3v) is 3.87. The Morgan fingerprint density at radius 1 is 0.741 bits per heavy atom. The zero-order chi connectivity index (χ0) is 18.9. The minimum atomic E-state index is -0.305. The molecule has 0 aliphatic carbocycles. The van der Waals surface area contributed by atoms with E-state index >= 15 is 0 Å². The number of hydrogen-bond acceptors (Lipinski definition) is 3. The van der Waals surface area contributed by atoms with Crippen molar-refractivity contribution in [2.75, 3.05) is 5.32 Å². The second-order valence-electron chi connectivity index (χ2n) is 5.84. The minimum Gasteiger partial charge on any atom is -0.322 e. The molecule has 5 heteroatoms. The van der Waals surface area contributed by atoms with Crippen LogP contribution >= 0.6 is 0 Å². The summed E-state index contributed by atoms with van der Waals surface area (Å²) in [5.74, 6) is -0.501. The number of carbonyl (C=O) groups is 2. The number of amides is 2. The molecular formula is C22H19N3O2. The van der Waals surface area contributed by atoms with Gasteiger partial charge in [-0.2, -0.15) is 5.10 Å². The summed E-state index contributed by atoms with van der Waals surface area (Å²) in [7, 11) is 0. The van der Waals surface area contributed by atoms with E-state index in [1.807, 2.05) is 36.4 Å². The molecule has 0 saturated carbocycles. The standard InChI is InChI=1S/C22H19N3O2/c26-21(18-9-5-2-6-10-18)24-20-13-11-19(12-14-20)22(27)25-23-16-15-17-7-3-1-4-8-17/h1-14,16H,15H2,(H,24,26)(H,25,27)/b23-16+. The van der Waals surface area contributed by atoms with Crippen LogP contribution in [0, 0.1) is 0 Å². The summed E-state index contributed by atoms with van der Waals surface area (Å²) in [6, 6.07) is 25.5. The van der Waals surface area contributed by atoms with Crippen LogP contribution < -0.4 is 10.7 Å². The maximum absolute atomic E-state index is 12.1. The molecule has 0 aliphatic rings. The van der Waals surface area contributed by atoms with Crippen molar-refractivity contribution in [3.63, 3.8) is 0 Å². The molecule has 2 N–H and O–H groups in total. The Kier molecular flexibility index (Phi) is 6.09. The fraction of sp³-hybridized carbons (Fsp3) is 0.0455. The lowest BCUT2D eigenvalue weighted by atomic mass is 10.1. The van der Waals surface area contributed by atoms with E-state index in [1.165, 1.54) is 0 Å². The van der Waals surface area contributed by atoms with Gasteiger partial charge in [0.2, 0.25) is 0 Å². The van der Waals surface area contributed by atoms with Crippen molar-refractivity contribution < 1.29 is 9.59 Å². The van der Waals surface area contributed by atoms with Gasteiger partial charge in [-0.25, -0.2) is 5.43 Å². The molecule has 0 atom stereocenters. The first-order valence-electron chi connectivity index (χ1n) is 8.54. The van der Waals surface area contributed by atoms with Gasteiger partial charge in [-0.3, -0.25) is 9.59 Å². The molecule has 0 fully saturated rings. The molecule has 0 radical (unpaired) electrons. The van der Waals surface area contributed by atoms with Gasteiger partial charge in [-0.15, -0.1) is 0 Å². The van der Waals surface area contributed by atoms with Crippen molar-refractivity contribution in [1.29, 1.82) is 0 Å². The maximum Gasteiger partial charge on any atom is 0.271 e. The van der Waals surface area contributed by atoms with E-state index in [0.29, 0.717) is 23.2 Å². The lowest BCUT2D eigenvalue weighted by molar-refractivity contribution is 0.0954. The first-order chi connectivity index (χ1) is 13.2. The van der Waals surface area contributed by atoms with E-state index in [2.05, 4.69) is 15.8 Å². The van der Waals surface area contributed by atoms with Crippen LogP contribution in [0.5, 0.6) is 0 Å². The number of anilines is 1. The van der Waals surface area contributed by atoms with Crippen molar-refractivity contribution in [1.82, 2.24) is 5.43 Å². The molecule has 3 aromatic carbocycles. The summed E-state index contributed by atoms with van der Waals surface area (Å²) in [4.78, 5) is 24.2. The molecule has 3 rings (SSSR count). The van der Waals surface area contributed by atoms with Gasteiger partial charge >= 0.3 is 0 Å². The summed E-state index contributed by atoms with van der Waals surface area (Å²) in [5.41, 5.74) is 5.27. The molecule has 5 nitrogen and oxygen atoms in total. The topological polar surface area (TPSA) is 70.6 Å². The molecule has 27 heavy (non-hydrogen) atoms. The van der Waals surface area contributed by atoms with Crippen molar-refractivity contribution >= 4 is 23.7 Å². The first kappa shape index (κ1) is 18.1. The van der Waals surface area contributed by atoms with Gasteiger partial charge in [0.05, 0.1) is 0 Å². The molecular weight excluding hydrogens is 338 g/mol. The second-order valence-corrected chi connectivity index (χ2v) is 5.84. The van der Waals surface area contributed by atoms with Crippen molar-refractivity contribution in [2.24, 2.45) is 5.10 Å². The monoisotopic (exact) mass is 357 g/mol. The van der Waals surface area contributed by atoms with E-state index < -0.39 is 0 Å². The molecule has 0 aromatic heterocycles. The highest BCUT2D eigenvalue weighted by Gasteiger charge is 2.07. The Morgan fingerprint density at radius 2 is 1.33 bits per heavy atom. The third kappa shape index (κ3) is 5.37. The third-order valence-electron chi connectivity index (χ3n) is 3.87. The van der Waals surface area contributed by atoms with E-state index in [1.54, 1.807) is 54.7 Å². The van der Waals surface area contributed by atoms with Crippen LogP contribution in [-0.4, -0.2) is 18.0 Å². The predicted octanol–water partition coefficient (Wildman–Crippen LogP) is 3.90. The summed E-state index contributed by atoms with van der Waals surface area (Å²) in [6.07, 6.45) is 2.30. The fourth-order valence-corrected chi connectivity index (χ4v) is 2.43. The molecule has 2 amide bonds. The number of benzene rings is 3. The molecule has 0 saturated heterocycles. The highest BCUT2D eigenvalue weighted by atomic mass is 16.2. The van der Waals surface area contributed by atoms with Crippen LogP contribution in [0.1, 0.15) is 26.3 Å². The van der Waals surface area contributed by atoms with Gasteiger partial charge < -0.3 is 5.32 Å². The van der Waals surface area contributed by atoms with Crippen LogP contribution in [-0.2, 0) is 6.42 Å². The average molecular weight is 357 g/mol. The lowest BCUT2D eigenvalue weighted by Crippen LogP contribution is -2.18. The summed E-state index contributed by atoms with van der Waals surface area (Å²) < 4.78 is 0. The van der Waals surface area contributed by atoms with E-state index in [0.717, 1.165) is 5.56 Å². The summed E-state index contributed by atoms with van der Waals surface area (Å²) in [6.45, 7) is 0. The van der Waals surface area contributed by atoms with Gasteiger partial charge in [0.1, 0.15) is 0 Å². The van der Waals surface area contributed by atoms with Gasteiger partial charge in [0.25, 0.3) is 11.8 Å². The highest BCUT2D eigenvalue weighted by Crippen LogP contribution is 2.11. The number of carbonyl (C=O) groups excluding carboxylic acids is 2. The van der Waals surface area contributed by atoms with Crippen LogP contribution in [0.2, 0.25) is 0 Å². The lowest BCUT2D eigenvalue weighted by Gasteiger charge is -2.06. The quantitative estimate of drug-likeness (QED) is 0.519. The Balaban J connectivity index is 1.52. The molecule has 0 spiro atoms. The Hall–Kier alpha value is -3.73. The molecule has 0 heterocycles. The van der Waals surface area contributed by atoms with E-state index in [4.69, 9.17) is 0 Å². The summed E-state index contributed by atoms with van der Waals surface area (Å²) in [5, 5.41) is 6.75. The van der Waals surface area contributed by atoms with E-state index in [-0.39, 0.29) is 11.8 Å². The number of nitrogens with one attached hydrogen (secondary N) is 2. The number of hydrogen-bond donors (Lipinski definition) is 2. The Bertz CT molecular complexity index is 921. The fourth-order valence-electron chi connectivity index (χ4n) is 2.43. The molecule has 0 unspecified atom stereocenters. The van der Waals surface area contributed by atoms with Crippen LogP contribution in [0.4, 0.5) is 5.69 Å². The molecule has 3 aromatic rings. The molecule has 134 valence electrons. The zero-order valence-corrected chi connectivity index (χ0v) is 14.6. The first-order valence-corrected chi connectivity index (χ1v) is 8.54. The highest BCUT2D eigenvalue weighted by molar-refractivity contribution is 6.04. The zero-order valence-electron chi connectivity index (χ0n) is 14.6. The second kappa shape index (κ2) is 9.10. The van der Waals surface area contributed by atoms with Crippen molar-refractivity contribution in [3.8, 4) is 0 Å². The van der Waals surface area contributed by atoms with E-state index in [9.17, 15) is 9.59 Å². The molecule has 0 bridgehead atoms. The number of nitrogens with zero attached hydrogens (tertiary/aromatic N) is 1. The van der Waals surface area contributed by atoms with Gasteiger partial charge in [-0.05, 0) is 42.0 Å². The van der Waals surface area contributed by atoms with Gasteiger partial charge in [0.15, 0.2) is 0 Å². The average Bonchev–Trinajstić information content (AvgIpc) is 2.73. The SMILES string of the molecule is O=C(N/N=C/Cc1ccccc1)c1ccc(NC(=O)c2ccccc2)cc1. The normalized spacial score (nSPS) is 10.5.